The first-order valence-electron chi connectivity index (χ1n) is 15.5. The topological polar surface area (TPSA) is 3.24 Å². The molecule has 0 bridgehead atoms. The summed E-state index contributed by atoms with van der Waals surface area (Å²) in [6.07, 6.45) is 3.59. The predicted octanol–water partition coefficient (Wildman–Crippen LogP) is 10.0. The second kappa shape index (κ2) is 9.71. The van der Waals surface area contributed by atoms with Crippen molar-refractivity contribution >= 4 is 42.6 Å². The Morgan fingerprint density at radius 3 is 2.26 bits per heavy atom. The quantitative estimate of drug-likeness (QED) is 0.198. The van der Waals surface area contributed by atoms with Gasteiger partial charge in [-0.05, 0) is 87.7 Å². The number of fused-ring (bicyclic) bond motifs is 4. The van der Waals surface area contributed by atoms with Gasteiger partial charge in [0.1, 0.15) is 0 Å². The Morgan fingerprint density at radius 2 is 1.38 bits per heavy atom. The van der Waals surface area contributed by atoms with Gasteiger partial charge in [0.05, 0.1) is 0 Å². The summed E-state index contributed by atoms with van der Waals surface area (Å²) in [6.45, 7) is 10.9. The predicted molar refractivity (Wildman–Crippen MR) is 183 cm³/mol. The summed E-state index contributed by atoms with van der Waals surface area (Å²) in [5.74, 6) is 0.262. The van der Waals surface area contributed by atoms with Gasteiger partial charge in [-0.25, -0.2) is 0 Å². The fourth-order valence-corrected chi connectivity index (χ4v) is 10.5. The first-order chi connectivity index (χ1) is 20.5. The molecular formula is C40H37NSi. The number of nitrogens with zero attached hydrogens (tertiary/aromatic N) is 1. The second-order valence-corrected chi connectivity index (χ2v) is 15.9. The van der Waals surface area contributed by atoms with Gasteiger partial charge in [-0.3, -0.25) is 0 Å². The third-order valence-electron chi connectivity index (χ3n) is 10.0. The lowest BCUT2D eigenvalue weighted by Gasteiger charge is -2.25. The smallest absolute Gasteiger partial charge is 0.0487 e. The van der Waals surface area contributed by atoms with Crippen LogP contribution in [0.4, 0.5) is 11.4 Å². The van der Waals surface area contributed by atoms with Crippen LogP contribution in [0.5, 0.6) is 0 Å². The molecule has 0 amide bonds. The molecular weight excluding hydrogens is 523 g/mol. The van der Waals surface area contributed by atoms with Crippen molar-refractivity contribution < 1.29 is 0 Å². The van der Waals surface area contributed by atoms with Crippen LogP contribution in [0.25, 0.3) is 22.4 Å². The average molecular weight is 560 g/mol. The number of para-hydroxylation sites is 1. The number of rotatable bonds is 4. The van der Waals surface area contributed by atoms with Crippen molar-refractivity contribution in [3.05, 3.63) is 153 Å². The molecule has 42 heavy (non-hydrogen) atoms. The largest absolute Gasteiger partial charge is 0.340 e. The van der Waals surface area contributed by atoms with Gasteiger partial charge in [0.15, 0.2) is 0 Å². The number of anilines is 2. The van der Waals surface area contributed by atoms with Crippen LogP contribution in [0.3, 0.4) is 0 Å². The van der Waals surface area contributed by atoms with Crippen LogP contribution in [0.2, 0.25) is 13.1 Å². The summed E-state index contributed by atoms with van der Waals surface area (Å²) in [7, 11) is -1.01. The third-order valence-corrected chi connectivity index (χ3v) is 12.2. The summed E-state index contributed by atoms with van der Waals surface area (Å²) in [4.78, 5) is 2.54. The first kappa shape index (κ1) is 25.6. The van der Waals surface area contributed by atoms with Gasteiger partial charge in [0, 0.05) is 38.2 Å². The average Bonchev–Trinajstić information content (AvgIpc) is 3.67. The minimum atomic E-state index is -1.01. The van der Waals surface area contributed by atoms with E-state index in [1.165, 1.54) is 66.7 Å². The third kappa shape index (κ3) is 3.68. The van der Waals surface area contributed by atoms with E-state index in [1.807, 2.05) is 0 Å². The van der Waals surface area contributed by atoms with Crippen LogP contribution >= 0.6 is 0 Å². The molecule has 5 aromatic rings. The molecule has 0 saturated heterocycles. The van der Waals surface area contributed by atoms with E-state index in [4.69, 9.17) is 0 Å². The van der Waals surface area contributed by atoms with E-state index in [2.05, 4.69) is 141 Å². The molecule has 1 heterocycles. The lowest BCUT2D eigenvalue weighted by Crippen LogP contribution is -2.16. The molecule has 0 aromatic heterocycles. The zero-order valence-electron chi connectivity index (χ0n) is 25.0. The van der Waals surface area contributed by atoms with Gasteiger partial charge in [0.2, 0.25) is 0 Å². The maximum atomic E-state index is 2.54. The lowest BCUT2D eigenvalue weighted by molar-refractivity contribution is 0.958. The van der Waals surface area contributed by atoms with Gasteiger partial charge < -0.3 is 4.90 Å². The summed E-state index contributed by atoms with van der Waals surface area (Å²) in [6, 6.07) is 38.9. The fourth-order valence-electron chi connectivity index (χ4n) is 8.39. The molecule has 3 aliphatic rings. The molecule has 5 aromatic carbocycles. The van der Waals surface area contributed by atoms with Crippen molar-refractivity contribution in [1.82, 2.24) is 0 Å². The Labute approximate surface area is 251 Å². The van der Waals surface area contributed by atoms with E-state index >= 15 is 0 Å². The second-order valence-electron chi connectivity index (χ2n) is 12.7. The van der Waals surface area contributed by atoms with E-state index in [0.29, 0.717) is 5.54 Å². The van der Waals surface area contributed by atoms with Crippen molar-refractivity contribution in [1.29, 1.82) is 0 Å². The van der Waals surface area contributed by atoms with Crippen LogP contribution in [-0.2, 0) is 6.42 Å². The molecule has 0 radical (unpaired) electrons. The molecule has 206 valence electrons. The standard InChI is InChI=1S/C40H37NSi/c1-25-24-34-31(17-11-21-36(34)41-23-22-28-13-6-8-20-35(28)41)37(25)32-18-10-19-33-39(32)38(26(2)40(33)42(3)4)30-16-9-14-27-12-5-7-15-29(27)30/h5-21,24,37,40,42H,22-23H2,1-4H3. The van der Waals surface area contributed by atoms with E-state index < -0.39 is 8.80 Å². The van der Waals surface area contributed by atoms with Crippen molar-refractivity contribution in [2.75, 3.05) is 11.4 Å². The number of hydrogen-bond donors (Lipinski definition) is 0. The molecule has 2 unspecified atom stereocenters. The van der Waals surface area contributed by atoms with Crippen LogP contribution < -0.4 is 4.90 Å². The fraction of sp³-hybridized carbons (Fsp3) is 0.200. The Morgan fingerprint density at radius 1 is 0.690 bits per heavy atom. The zero-order valence-corrected chi connectivity index (χ0v) is 26.1. The van der Waals surface area contributed by atoms with E-state index in [-0.39, 0.29) is 5.92 Å². The molecule has 0 saturated carbocycles. The SMILES string of the molecule is CC1=Cc2c(cccc2N2CCc3ccccc32)C1c1cccc2c1C(c1cccc3ccccc13)=C(C)C2[SiH](C)C. The first-order valence-corrected chi connectivity index (χ1v) is 18.5. The van der Waals surface area contributed by atoms with Gasteiger partial charge in [0.25, 0.3) is 0 Å². The highest BCUT2D eigenvalue weighted by atomic mass is 28.3. The lowest BCUT2D eigenvalue weighted by atomic mass is 9.81. The molecule has 2 heteroatoms. The van der Waals surface area contributed by atoms with E-state index in [0.717, 1.165) is 13.0 Å². The van der Waals surface area contributed by atoms with Crippen LogP contribution in [0.15, 0.2) is 114 Å². The monoisotopic (exact) mass is 559 g/mol. The van der Waals surface area contributed by atoms with Crippen LogP contribution in [0.1, 0.15) is 64.3 Å². The van der Waals surface area contributed by atoms with Crippen molar-refractivity contribution in [3.8, 4) is 0 Å². The highest BCUT2D eigenvalue weighted by Gasteiger charge is 2.38. The summed E-state index contributed by atoms with van der Waals surface area (Å²) >= 11 is 0. The summed E-state index contributed by atoms with van der Waals surface area (Å²) < 4.78 is 0. The van der Waals surface area contributed by atoms with Gasteiger partial charge in [-0.2, -0.15) is 0 Å². The van der Waals surface area contributed by atoms with Crippen molar-refractivity contribution in [2.45, 2.75) is 44.8 Å². The molecule has 1 nitrogen and oxygen atoms in total. The highest BCUT2D eigenvalue weighted by molar-refractivity contribution is 6.59. The molecule has 2 aliphatic carbocycles. The number of hydrogen-bond acceptors (Lipinski definition) is 1. The molecule has 8 rings (SSSR count). The minimum Gasteiger partial charge on any atom is -0.340 e. The normalized spacial score (nSPS) is 19.0. The van der Waals surface area contributed by atoms with Gasteiger partial charge in [-0.15, -0.1) is 0 Å². The Balaban J connectivity index is 1.33. The van der Waals surface area contributed by atoms with Gasteiger partial charge in [-0.1, -0.05) is 121 Å². The molecule has 1 aliphatic heterocycles. The maximum absolute atomic E-state index is 2.54. The summed E-state index contributed by atoms with van der Waals surface area (Å²) in [5.41, 5.74) is 18.0. The van der Waals surface area contributed by atoms with Crippen LogP contribution in [-0.4, -0.2) is 15.3 Å². The van der Waals surface area contributed by atoms with Gasteiger partial charge >= 0.3 is 0 Å². The molecule has 2 atom stereocenters. The zero-order chi connectivity index (χ0) is 28.5. The summed E-state index contributed by atoms with van der Waals surface area (Å²) in [5, 5.41) is 2.67. The van der Waals surface area contributed by atoms with E-state index in [1.54, 1.807) is 11.1 Å². The minimum absolute atomic E-state index is 0.262. The van der Waals surface area contributed by atoms with Crippen molar-refractivity contribution in [2.24, 2.45) is 0 Å². The maximum Gasteiger partial charge on any atom is 0.0487 e. The van der Waals surface area contributed by atoms with E-state index in [9.17, 15) is 0 Å². The van der Waals surface area contributed by atoms with Crippen LogP contribution in [0, 0.1) is 0 Å². The van der Waals surface area contributed by atoms with Crippen molar-refractivity contribution in [3.63, 3.8) is 0 Å². The highest BCUT2D eigenvalue weighted by Crippen LogP contribution is 2.54. The molecule has 0 spiro atoms. The number of allylic oxidation sites excluding steroid dienone is 2. The molecule has 0 N–H and O–H groups in total. The molecule has 0 fully saturated rings. The Bertz CT molecular complexity index is 1950. The number of benzene rings is 5. The Kier molecular flexibility index (Phi) is 5.91. The Hall–Kier alpha value is -4.14.